The molecule has 0 aliphatic carbocycles. The molecule has 0 saturated heterocycles. The number of anilines is 1. The Bertz CT molecular complexity index is 641. The molecule has 0 spiro atoms. The monoisotopic (exact) mass is 328 g/mol. The van der Waals surface area contributed by atoms with Crippen LogP contribution in [-0.2, 0) is 16.6 Å². The van der Waals surface area contributed by atoms with Crippen molar-refractivity contribution in [1.82, 2.24) is 14.8 Å². The Morgan fingerprint density at radius 2 is 1.95 bits per heavy atom. The largest absolute Gasteiger partial charge is 0.284 e. The van der Waals surface area contributed by atoms with E-state index in [-0.39, 0.29) is 5.75 Å². The van der Waals surface area contributed by atoms with Crippen LogP contribution in [0.2, 0.25) is 0 Å². The highest BCUT2D eigenvalue weighted by atomic mass is 35.5. The highest BCUT2D eigenvalue weighted by molar-refractivity contribution is 7.92. The minimum Gasteiger partial charge on any atom is -0.284 e. The Kier molecular flexibility index (Phi) is 5.58. The van der Waals surface area contributed by atoms with E-state index < -0.39 is 10.0 Å². The molecule has 114 valence electrons. The van der Waals surface area contributed by atoms with Crippen LogP contribution in [0.15, 0.2) is 36.9 Å². The van der Waals surface area contributed by atoms with Crippen molar-refractivity contribution in [3.63, 3.8) is 0 Å². The predicted octanol–water partition coefficient (Wildman–Crippen LogP) is 2.09. The van der Waals surface area contributed by atoms with Gasteiger partial charge < -0.3 is 0 Å². The SMILES string of the molecule is O=S(=O)(CCCCCl)Nc1ccc(Cn2cncn2)cc1. The van der Waals surface area contributed by atoms with Gasteiger partial charge in [-0.3, -0.25) is 4.72 Å². The molecular formula is C13H17ClN4O2S. The second-order valence-corrected chi connectivity index (χ2v) is 6.83. The molecule has 0 bridgehead atoms. The minimum atomic E-state index is -3.31. The van der Waals surface area contributed by atoms with Crippen molar-refractivity contribution in [2.24, 2.45) is 0 Å². The third kappa shape index (κ3) is 5.35. The summed E-state index contributed by atoms with van der Waals surface area (Å²) in [5.74, 6) is 0.562. The molecular weight excluding hydrogens is 312 g/mol. The Labute approximate surface area is 129 Å². The van der Waals surface area contributed by atoms with E-state index in [0.29, 0.717) is 31.0 Å². The van der Waals surface area contributed by atoms with Crippen LogP contribution in [0, 0.1) is 0 Å². The van der Waals surface area contributed by atoms with Gasteiger partial charge in [0.15, 0.2) is 0 Å². The number of sulfonamides is 1. The lowest BCUT2D eigenvalue weighted by Crippen LogP contribution is -2.16. The molecule has 0 radical (unpaired) electrons. The van der Waals surface area contributed by atoms with Crippen LogP contribution in [0.5, 0.6) is 0 Å². The molecule has 1 aromatic carbocycles. The van der Waals surface area contributed by atoms with Crippen molar-refractivity contribution in [3.8, 4) is 0 Å². The van der Waals surface area contributed by atoms with Crippen LogP contribution >= 0.6 is 11.6 Å². The van der Waals surface area contributed by atoms with E-state index in [0.717, 1.165) is 5.56 Å². The second-order valence-electron chi connectivity index (χ2n) is 4.61. The fourth-order valence-corrected chi connectivity index (χ4v) is 3.17. The van der Waals surface area contributed by atoms with E-state index in [1.807, 2.05) is 12.1 Å². The van der Waals surface area contributed by atoms with Crippen molar-refractivity contribution >= 4 is 27.3 Å². The molecule has 1 heterocycles. The number of hydrogen-bond donors (Lipinski definition) is 1. The van der Waals surface area contributed by atoms with Gasteiger partial charge in [-0.25, -0.2) is 18.1 Å². The molecule has 0 fully saturated rings. The molecule has 0 atom stereocenters. The van der Waals surface area contributed by atoms with Crippen LogP contribution in [0.3, 0.4) is 0 Å². The number of halogens is 1. The molecule has 6 nitrogen and oxygen atoms in total. The van der Waals surface area contributed by atoms with E-state index >= 15 is 0 Å². The van der Waals surface area contributed by atoms with Gasteiger partial charge in [0, 0.05) is 11.6 Å². The Hall–Kier alpha value is -1.60. The lowest BCUT2D eigenvalue weighted by Gasteiger charge is -2.08. The summed E-state index contributed by atoms with van der Waals surface area (Å²) in [7, 11) is -3.31. The van der Waals surface area contributed by atoms with Crippen molar-refractivity contribution in [2.45, 2.75) is 19.4 Å². The topological polar surface area (TPSA) is 76.9 Å². The Morgan fingerprint density at radius 3 is 2.57 bits per heavy atom. The van der Waals surface area contributed by atoms with E-state index in [4.69, 9.17) is 11.6 Å². The molecule has 21 heavy (non-hydrogen) atoms. The first-order chi connectivity index (χ1) is 10.1. The molecule has 2 aromatic rings. The average Bonchev–Trinajstić information content (AvgIpc) is 2.94. The Morgan fingerprint density at radius 1 is 1.19 bits per heavy atom. The first-order valence-corrected chi connectivity index (χ1v) is 8.75. The highest BCUT2D eigenvalue weighted by Gasteiger charge is 2.09. The number of benzene rings is 1. The fraction of sp³-hybridized carbons (Fsp3) is 0.385. The quantitative estimate of drug-likeness (QED) is 0.594. The van der Waals surface area contributed by atoms with Gasteiger partial charge in [0.25, 0.3) is 0 Å². The van der Waals surface area contributed by atoms with Gasteiger partial charge in [0.1, 0.15) is 12.7 Å². The zero-order valence-corrected chi connectivity index (χ0v) is 13.0. The van der Waals surface area contributed by atoms with E-state index in [1.165, 1.54) is 6.33 Å². The number of rotatable bonds is 8. The number of unbranched alkanes of at least 4 members (excludes halogenated alkanes) is 1. The molecule has 0 unspecified atom stereocenters. The summed E-state index contributed by atoms with van der Waals surface area (Å²) in [6, 6.07) is 7.20. The summed E-state index contributed by atoms with van der Waals surface area (Å²) in [6.45, 7) is 0.600. The van der Waals surface area contributed by atoms with E-state index in [1.54, 1.807) is 23.1 Å². The second kappa shape index (κ2) is 7.42. The third-order valence-electron chi connectivity index (χ3n) is 2.84. The van der Waals surface area contributed by atoms with Gasteiger partial charge >= 0.3 is 0 Å². The van der Waals surface area contributed by atoms with Crippen LogP contribution in [0.25, 0.3) is 0 Å². The van der Waals surface area contributed by atoms with Crippen molar-refractivity contribution in [3.05, 3.63) is 42.5 Å². The first-order valence-electron chi connectivity index (χ1n) is 6.57. The maximum absolute atomic E-state index is 11.8. The summed E-state index contributed by atoms with van der Waals surface area (Å²) in [5, 5.41) is 4.02. The van der Waals surface area contributed by atoms with Crippen molar-refractivity contribution in [2.75, 3.05) is 16.4 Å². The summed E-state index contributed by atoms with van der Waals surface area (Å²) >= 11 is 5.54. The van der Waals surface area contributed by atoms with Gasteiger partial charge in [-0.05, 0) is 30.5 Å². The van der Waals surface area contributed by atoms with Gasteiger partial charge in [0.2, 0.25) is 10.0 Å². The molecule has 1 N–H and O–H groups in total. The summed E-state index contributed by atoms with van der Waals surface area (Å²) in [4.78, 5) is 3.87. The van der Waals surface area contributed by atoms with E-state index in [2.05, 4.69) is 14.8 Å². The number of aromatic nitrogens is 3. The lowest BCUT2D eigenvalue weighted by atomic mass is 10.2. The van der Waals surface area contributed by atoms with E-state index in [9.17, 15) is 8.42 Å². The molecule has 1 aromatic heterocycles. The van der Waals surface area contributed by atoms with Crippen LogP contribution < -0.4 is 4.72 Å². The summed E-state index contributed by atoms with van der Waals surface area (Å²) in [5.41, 5.74) is 1.58. The van der Waals surface area contributed by atoms with Crippen molar-refractivity contribution in [1.29, 1.82) is 0 Å². The molecule has 8 heteroatoms. The average molecular weight is 329 g/mol. The summed E-state index contributed by atoms with van der Waals surface area (Å²) < 4.78 is 27.9. The normalized spacial score (nSPS) is 11.5. The maximum atomic E-state index is 11.8. The highest BCUT2D eigenvalue weighted by Crippen LogP contribution is 2.13. The Balaban J connectivity index is 1.92. The molecule has 2 rings (SSSR count). The third-order valence-corrected chi connectivity index (χ3v) is 4.48. The summed E-state index contributed by atoms with van der Waals surface area (Å²) in [6.07, 6.45) is 4.36. The number of nitrogens with one attached hydrogen (secondary N) is 1. The zero-order chi connectivity index (χ0) is 15.1. The fourth-order valence-electron chi connectivity index (χ4n) is 1.80. The lowest BCUT2D eigenvalue weighted by molar-refractivity contribution is 0.598. The van der Waals surface area contributed by atoms with Gasteiger partial charge in [-0.15, -0.1) is 11.6 Å². The van der Waals surface area contributed by atoms with Crippen LogP contribution in [0.4, 0.5) is 5.69 Å². The minimum absolute atomic E-state index is 0.0838. The molecule has 0 amide bonds. The number of hydrogen-bond acceptors (Lipinski definition) is 4. The predicted molar refractivity (Wildman–Crippen MR) is 82.9 cm³/mol. The van der Waals surface area contributed by atoms with Crippen LogP contribution in [0.1, 0.15) is 18.4 Å². The smallest absolute Gasteiger partial charge is 0.232 e. The van der Waals surface area contributed by atoms with Crippen LogP contribution in [-0.4, -0.2) is 34.8 Å². The molecule has 0 aliphatic heterocycles. The number of alkyl halides is 1. The number of nitrogens with zero attached hydrogens (tertiary/aromatic N) is 3. The molecule has 0 saturated carbocycles. The maximum Gasteiger partial charge on any atom is 0.232 e. The van der Waals surface area contributed by atoms with Gasteiger partial charge in [0.05, 0.1) is 12.3 Å². The first kappa shape index (κ1) is 15.8. The van der Waals surface area contributed by atoms with Crippen molar-refractivity contribution < 1.29 is 8.42 Å². The van der Waals surface area contributed by atoms with Gasteiger partial charge in [-0.1, -0.05) is 12.1 Å². The zero-order valence-electron chi connectivity index (χ0n) is 11.4. The van der Waals surface area contributed by atoms with Gasteiger partial charge in [-0.2, -0.15) is 5.10 Å². The molecule has 0 aliphatic rings. The standard InChI is InChI=1S/C13H17ClN4O2S/c14-7-1-2-8-21(19,20)17-13-5-3-12(4-6-13)9-18-11-15-10-16-18/h3-6,10-11,17H,1-2,7-9H2.